The quantitative estimate of drug-likeness (QED) is 0.869. The SMILES string of the molecule is Cc1ccc(C(=O)NC(C)(C)C(C)(C)O)c(F)c1. The molecule has 0 bridgehead atoms. The second kappa shape index (κ2) is 4.69. The van der Waals surface area contributed by atoms with Gasteiger partial charge in [0.1, 0.15) is 5.82 Å². The van der Waals surface area contributed by atoms with E-state index in [1.54, 1.807) is 40.7 Å². The zero-order chi connectivity index (χ0) is 14.1. The maximum atomic E-state index is 13.6. The van der Waals surface area contributed by atoms with Crippen LogP contribution in [0.25, 0.3) is 0 Å². The molecule has 0 atom stereocenters. The number of benzene rings is 1. The summed E-state index contributed by atoms with van der Waals surface area (Å²) >= 11 is 0. The number of carbonyl (C=O) groups excluding carboxylic acids is 1. The Kier molecular flexibility index (Phi) is 3.81. The van der Waals surface area contributed by atoms with Crippen LogP contribution >= 0.6 is 0 Å². The molecule has 1 amide bonds. The van der Waals surface area contributed by atoms with Crippen molar-refractivity contribution in [1.82, 2.24) is 5.32 Å². The minimum Gasteiger partial charge on any atom is -0.388 e. The van der Waals surface area contributed by atoms with Gasteiger partial charge < -0.3 is 10.4 Å². The lowest BCUT2D eigenvalue weighted by Gasteiger charge is -2.38. The van der Waals surface area contributed by atoms with Crippen LogP contribution < -0.4 is 5.32 Å². The largest absolute Gasteiger partial charge is 0.388 e. The summed E-state index contributed by atoms with van der Waals surface area (Å²) < 4.78 is 13.6. The molecule has 0 radical (unpaired) electrons. The predicted octanol–water partition coefficient (Wildman–Crippen LogP) is 2.41. The lowest BCUT2D eigenvalue weighted by molar-refractivity contribution is -0.00300. The average molecular weight is 253 g/mol. The van der Waals surface area contributed by atoms with E-state index < -0.39 is 22.9 Å². The maximum Gasteiger partial charge on any atom is 0.254 e. The molecule has 3 nitrogen and oxygen atoms in total. The van der Waals surface area contributed by atoms with E-state index in [1.165, 1.54) is 12.1 Å². The summed E-state index contributed by atoms with van der Waals surface area (Å²) in [5.74, 6) is -1.08. The van der Waals surface area contributed by atoms with Gasteiger partial charge in [0.15, 0.2) is 0 Å². The highest BCUT2D eigenvalue weighted by Gasteiger charge is 2.36. The molecule has 0 aliphatic rings. The first-order valence-electron chi connectivity index (χ1n) is 5.85. The third kappa shape index (κ3) is 3.07. The predicted molar refractivity (Wildman–Crippen MR) is 69.0 cm³/mol. The van der Waals surface area contributed by atoms with Gasteiger partial charge in [0.05, 0.1) is 16.7 Å². The molecule has 0 aromatic heterocycles. The number of aliphatic hydroxyl groups is 1. The molecule has 4 heteroatoms. The number of rotatable bonds is 3. The van der Waals surface area contributed by atoms with Crippen LogP contribution in [0.5, 0.6) is 0 Å². The number of carbonyl (C=O) groups is 1. The summed E-state index contributed by atoms with van der Waals surface area (Å²) in [4.78, 5) is 12.0. The Labute approximate surface area is 107 Å². The van der Waals surface area contributed by atoms with Crippen LogP contribution in [0.4, 0.5) is 4.39 Å². The van der Waals surface area contributed by atoms with Gasteiger partial charge in [-0.25, -0.2) is 4.39 Å². The molecule has 1 rings (SSSR count). The molecule has 0 saturated heterocycles. The third-order valence-electron chi connectivity index (χ3n) is 3.32. The van der Waals surface area contributed by atoms with Crippen LogP contribution in [-0.2, 0) is 0 Å². The van der Waals surface area contributed by atoms with Gasteiger partial charge in [0.25, 0.3) is 5.91 Å². The van der Waals surface area contributed by atoms with Crippen molar-refractivity contribution in [3.8, 4) is 0 Å². The van der Waals surface area contributed by atoms with E-state index >= 15 is 0 Å². The van der Waals surface area contributed by atoms with E-state index in [4.69, 9.17) is 0 Å². The van der Waals surface area contributed by atoms with Crippen LogP contribution in [0, 0.1) is 12.7 Å². The smallest absolute Gasteiger partial charge is 0.254 e. The fourth-order valence-corrected chi connectivity index (χ4v) is 1.31. The molecule has 0 unspecified atom stereocenters. The van der Waals surface area contributed by atoms with E-state index in [9.17, 15) is 14.3 Å². The van der Waals surface area contributed by atoms with Gasteiger partial charge in [-0.1, -0.05) is 6.07 Å². The highest BCUT2D eigenvalue weighted by molar-refractivity contribution is 5.95. The second-order valence-electron chi connectivity index (χ2n) is 5.62. The average Bonchev–Trinajstić information content (AvgIpc) is 2.14. The molecule has 1 aromatic carbocycles. The standard InChI is InChI=1S/C14H20FNO2/c1-9-6-7-10(11(15)8-9)12(17)16-13(2,3)14(4,5)18/h6-8,18H,1-5H3,(H,16,17). The Balaban J connectivity index is 2.96. The number of aryl methyl sites for hydroxylation is 1. The fraction of sp³-hybridized carbons (Fsp3) is 0.500. The lowest BCUT2D eigenvalue weighted by Crippen LogP contribution is -2.57. The first kappa shape index (κ1) is 14.6. The Morgan fingerprint density at radius 2 is 1.83 bits per heavy atom. The number of hydrogen-bond acceptors (Lipinski definition) is 2. The van der Waals surface area contributed by atoms with E-state index in [-0.39, 0.29) is 5.56 Å². The van der Waals surface area contributed by atoms with Crippen molar-refractivity contribution in [3.05, 3.63) is 35.1 Å². The Morgan fingerprint density at radius 3 is 2.28 bits per heavy atom. The van der Waals surface area contributed by atoms with Gasteiger partial charge in [-0.15, -0.1) is 0 Å². The summed E-state index contributed by atoms with van der Waals surface area (Å²) in [6.07, 6.45) is 0. The van der Waals surface area contributed by atoms with Crippen LogP contribution in [-0.4, -0.2) is 22.2 Å². The van der Waals surface area contributed by atoms with Crippen molar-refractivity contribution in [2.45, 2.75) is 45.8 Å². The summed E-state index contributed by atoms with van der Waals surface area (Å²) in [5.41, 5.74) is -1.23. The first-order chi connectivity index (χ1) is 8.04. The highest BCUT2D eigenvalue weighted by atomic mass is 19.1. The van der Waals surface area contributed by atoms with Gasteiger partial charge >= 0.3 is 0 Å². The van der Waals surface area contributed by atoms with Crippen LogP contribution in [0.2, 0.25) is 0 Å². The third-order valence-corrected chi connectivity index (χ3v) is 3.32. The molecule has 0 spiro atoms. The van der Waals surface area contributed by atoms with Crippen LogP contribution in [0.3, 0.4) is 0 Å². The zero-order valence-electron chi connectivity index (χ0n) is 11.5. The van der Waals surface area contributed by atoms with Crippen molar-refractivity contribution in [1.29, 1.82) is 0 Å². The topological polar surface area (TPSA) is 49.3 Å². The van der Waals surface area contributed by atoms with Crippen molar-refractivity contribution in [3.63, 3.8) is 0 Å². The van der Waals surface area contributed by atoms with Crippen molar-refractivity contribution in [2.75, 3.05) is 0 Å². The molecule has 18 heavy (non-hydrogen) atoms. The molecule has 2 N–H and O–H groups in total. The molecular formula is C14H20FNO2. The van der Waals surface area contributed by atoms with Crippen molar-refractivity contribution >= 4 is 5.91 Å². The molecule has 0 saturated carbocycles. The summed E-state index contributed by atoms with van der Waals surface area (Å²) in [6.45, 7) is 8.33. The van der Waals surface area contributed by atoms with Gasteiger partial charge in [-0.05, 0) is 52.3 Å². The molecule has 0 aliphatic carbocycles. The van der Waals surface area contributed by atoms with E-state index in [0.717, 1.165) is 5.56 Å². The van der Waals surface area contributed by atoms with Gasteiger partial charge in [0.2, 0.25) is 0 Å². The minimum atomic E-state index is -1.11. The van der Waals surface area contributed by atoms with Gasteiger partial charge in [-0.2, -0.15) is 0 Å². The van der Waals surface area contributed by atoms with Crippen molar-refractivity contribution < 1.29 is 14.3 Å². The number of nitrogens with one attached hydrogen (secondary N) is 1. The normalized spacial score (nSPS) is 12.4. The van der Waals surface area contributed by atoms with Crippen molar-refractivity contribution in [2.24, 2.45) is 0 Å². The molecule has 0 aliphatic heterocycles. The number of hydrogen-bond donors (Lipinski definition) is 2. The van der Waals surface area contributed by atoms with Gasteiger partial charge in [-0.3, -0.25) is 4.79 Å². The van der Waals surface area contributed by atoms with Crippen LogP contribution in [0.15, 0.2) is 18.2 Å². The molecule has 1 aromatic rings. The monoisotopic (exact) mass is 253 g/mol. The molecule has 0 fully saturated rings. The molecule has 0 heterocycles. The lowest BCUT2D eigenvalue weighted by atomic mass is 9.85. The Bertz CT molecular complexity index is 461. The summed E-state index contributed by atoms with van der Waals surface area (Å²) in [6, 6.07) is 4.43. The fourth-order valence-electron chi connectivity index (χ4n) is 1.31. The second-order valence-corrected chi connectivity index (χ2v) is 5.62. The maximum absolute atomic E-state index is 13.6. The van der Waals surface area contributed by atoms with E-state index in [2.05, 4.69) is 5.32 Å². The molecular weight excluding hydrogens is 233 g/mol. The Morgan fingerprint density at radius 1 is 1.28 bits per heavy atom. The molecule has 100 valence electrons. The van der Waals surface area contributed by atoms with Gasteiger partial charge in [0, 0.05) is 0 Å². The highest BCUT2D eigenvalue weighted by Crippen LogP contribution is 2.21. The zero-order valence-corrected chi connectivity index (χ0v) is 11.5. The van der Waals surface area contributed by atoms with E-state index in [1.807, 2.05) is 0 Å². The Hall–Kier alpha value is -1.42. The summed E-state index contributed by atoms with van der Waals surface area (Å²) in [7, 11) is 0. The summed E-state index contributed by atoms with van der Waals surface area (Å²) in [5, 5.41) is 12.6. The van der Waals surface area contributed by atoms with Crippen LogP contribution in [0.1, 0.15) is 43.6 Å². The van der Waals surface area contributed by atoms with E-state index in [0.29, 0.717) is 0 Å². The number of halogens is 1. The number of amides is 1. The first-order valence-corrected chi connectivity index (χ1v) is 5.85. The minimum absolute atomic E-state index is 0.0158.